The first-order valence-electron chi connectivity index (χ1n) is 2.09. The zero-order valence-electron chi connectivity index (χ0n) is 4.09. The van der Waals surface area contributed by atoms with Crippen LogP contribution >= 0.6 is 0 Å². The minimum absolute atomic E-state index is 0.237. The molecule has 0 saturated heterocycles. The Kier molecular flexibility index (Phi) is 1.16. The molecule has 0 saturated carbocycles. The van der Waals surface area contributed by atoms with Gasteiger partial charge in [0.2, 0.25) is 0 Å². The van der Waals surface area contributed by atoms with Crippen LogP contribution in [0.3, 0.4) is 0 Å². The average molecular weight is 106 g/mol. The largest absolute Gasteiger partial charge is 0.327 e. The van der Waals surface area contributed by atoms with E-state index < -0.39 is 0 Å². The summed E-state index contributed by atoms with van der Waals surface area (Å²) < 4.78 is 0. The van der Waals surface area contributed by atoms with E-state index in [4.69, 9.17) is 7.85 Å². The van der Waals surface area contributed by atoms with Gasteiger partial charge in [-0.1, -0.05) is 0 Å². The summed E-state index contributed by atoms with van der Waals surface area (Å²) in [5.74, 6) is 0. The predicted octanol–water partition coefficient (Wildman–Crippen LogP) is -1.44. The number of aromatic nitrogens is 2. The van der Waals surface area contributed by atoms with Gasteiger partial charge in [-0.25, -0.2) is 0 Å². The van der Waals surface area contributed by atoms with Crippen molar-refractivity contribution < 1.29 is 0 Å². The van der Waals surface area contributed by atoms with Crippen LogP contribution in [0.4, 0.5) is 0 Å². The fourth-order valence-corrected chi connectivity index (χ4v) is 0.353. The fraction of sp³-hybridized carbons (Fsp3) is 0. The van der Waals surface area contributed by atoms with Gasteiger partial charge in [0.1, 0.15) is 7.85 Å². The van der Waals surface area contributed by atoms with E-state index in [0.717, 1.165) is 6.20 Å². The summed E-state index contributed by atoms with van der Waals surface area (Å²) in [6.07, 6.45) is 2.48. The van der Waals surface area contributed by atoms with Crippen LogP contribution in [-0.2, 0) is 0 Å². The Morgan fingerprint density at radius 3 is 2.88 bits per heavy atom. The quantitative estimate of drug-likeness (QED) is 0.412. The Labute approximate surface area is 47.2 Å². The van der Waals surface area contributed by atoms with Crippen molar-refractivity contribution in [2.75, 3.05) is 0 Å². The lowest BCUT2D eigenvalue weighted by molar-refractivity contribution is 1.17. The number of H-pyrrole nitrogens is 1. The third-order valence-electron chi connectivity index (χ3n) is 0.693. The van der Waals surface area contributed by atoms with Crippen molar-refractivity contribution >= 4 is 13.4 Å². The molecule has 1 rings (SSSR count). The van der Waals surface area contributed by atoms with Crippen LogP contribution in [0, 0.1) is 0 Å². The van der Waals surface area contributed by atoms with Crippen LogP contribution < -0.4 is 11.2 Å². The molecule has 8 heavy (non-hydrogen) atoms. The topological polar surface area (TPSA) is 45.8 Å². The van der Waals surface area contributed by atoms with E-state index in [0.29, 0.717) is 5.59 Å². The smallest absolute Gasteiger partial charge is 0.266 e. The Bertz CT molecular complexity index is 211. The van der Waals surface area contributed by atoms with E-state index in [-0.39, 0.29) is 5.56 Å². The third kappa shape index (κ3) is 0.962. The molecule has 1 aromatic heterocycles. The van der Waals surface area contributed by atoms with Crippen LogP contribution in [0.15, 0.2) is 17.2 Å². The van der Waals surface area contributed by atoms with Gasteiger partial charge in [-0.05, 0) is 0 Å². The van der Waals surface area contributed by atoms with Gasteiger partial charge in [0.25, 0.3) is 5.56 Å². The van der Waals surface area contributed by atoms with Gasteiger partial charge in [-0.2, -0.15) is 0 Å². The molecule has 0 fully saturated rings. The molecule has 3 nitrogen and oxygen atoms in total. The maximum Gasteiger partial charge on any atom is 0.266 e. The lowest BCUT2D eigenvalue weighted by Crippen LogP contribution is -2.15. The van der Waals surface area contributed by atoms with E-state index in [1.165, 1.54) is 6.20 Å². The molecular formula is C4H3BN2O. The minimum Gasteiger partial charge on any atom is -0.327 e. The third-order valence-corrected chi connectivity index (χ3v) is 0.693. The Balaban J connectivity index is 3.22. The van der Waals surface area contributed by atoms with Crippen LogP contribution in [0.1, 0.15) is 0 Å². The molecule has 0 atom stereocenters. The molecular weight excluding hydrogens is 103 g/mol. The summed E-state index contributed by atoms with van der Waals surface area (Å²) in [5.41, 5.74) is 0.0869. The molecule has 2 radical (unpaired) electrons. The highest BCUT2D eigenvalue weighted by Crippen LogP contribution is 1.53. The second-order valence-electron chi connectivity index (χ2n) is 1.34. The lowest BCUT2D eigenvalue weighted by atomic mass is 10.1. The number of nitrogens with zero attached hydrogens (tertiary/aromatic N) is 1. The lowest BCUT2D eigenvalue weighted by Gasteiger charge is -1.83. The SMILES string of the molecule is [B]c1c[nH]c(=O)cn1. The summed E-state index contributed by atoms with van der Waals surface area (Å²) in [6, 6.07) is 0. The maximum absolute atomic E-state index is 10.2. The van der Waals surface area contributed by atoms with Gasteiger partial charge in [0, 0.05) is 11.8 Å². The monoisotopic (exact) mass is 106 g/mol. The Morgan fingerprint density at radius 2 is 2.50 bits per heavy atom. The molecule has 1 aromatic rings. The first kappa shape index (κ1) is 5.09. The maximum atomic E-state index is 10.2. The zero-order chi connectivity index (χ0) is 5.98. The van der Waals surface area contributed by atoms with Crippen molar-refractivity contribution in [3.05, 3.63) is 22.7 Å². The van der Waals surface area contributed by atoms with Crippen LogP contribution in [0.5, 0.6) is 0 Å². The Morgan fingerprint density at radius 1 is 1.75 bits per heavy atom. The number of hydrogen-bond donors (Lipinski definition) is 1. The number of nitrogens with one attached hydrogen (secondary N) is 1. The van der Waals surface area contributed by atoms with Crippen LogP contribution in [0.25, 0.3) is 0 Å². The summed E-state index contributed by atoms with van der Waals surface area (Å²) in [7, 11) is 5.15. The average Bonchev–Trinajstić information content (AvgIpc) is 1.77. The number of rotatable bonds is 0. The minimum atomic E-state index is -0.237. The van der Waals surface area contributed by atoms with Gasteiger partial charge >= 0.3 is 0 Å². The molecule has 0 aliphatic heterocycles. The van der Waals surface area contributed by atoms with Crippen molar-refractivity contribution in [2.24, 2.45) is 0 Å². The van der Waals surface area contributed by atoms with Crippen molar-refractivity contribution in [2.45, 2.75) is 0 Å². The number of aromatic amines is 1. The van der Waals surface area contributed by atoms with E-state index >= 15 is 0 Å². The van der Waals surface area contributed by atoms with Gasteiger partial charge < -0.3 is 4.98 Å². The molecule has 0 aliphatic carbocycles. The predicted molar refractivity (Wildman–Crippen MR) is 30.2 cm³/mol. The molecule has 4 heteroatoms. The van der Waals surface area contributed by atoms with Gasteiger partial charge in [-0.15, -0.1) is 0 Å². The molecule has 0 amide bonds. The van der Waals surface area contributed by atoms with Crippen LogP contribution in [-0.4, -0.2) is 17.8 Å². The molecule has 1 heterocycles. The van der Waals surface area contributed by atoms with Gasteiger partial charge in [0.05, 0.1) is 6.20 Å². The van der Waals surface area contributed by atoms with Gasteiger partial charge in [-0.3, -0.25) is 9.78 Å². The van der Waals surface area contributed by atoms with E-state index in [1.807, 2.05) is 0 Å². The highest BCUT2D eigenvalue weighted by Gasteiger charge is 1.80. The summed E-state index contributed by atoms with van der Waals surface area (Å²) in [6.45, 7) is 0. The van der Waals surface area contributed by atoms with E-state index in [9.17, 15) is 4.79 Å². The number of hydrogen-bond acceptors (Lipinski definition) is 2. The molecule has 0 unspecified atom stereocenters. The molecule has 0 aromatic carbocycles. The first-order valence-corrected chi connectivity index (χ1v) is 2.09. The highest BCUT2D eigenvalue weighted by molar-refractivity contribution is 6.30. The summed E-state index contributed by atoms with van der Waals surface area (Å²) >= 11 is 0. The molecule has 1 N–H and O–H groups in total. The van der Waals surface area contributed by atoms with Crippen LogP contribution in [0.2, 0.25) is 0 Å². The standard InChI is InChI=1S/C4H3BN2O/c5-3-1-7-4(8)2-6-3/h1-2H,(H,7,8). The van der Waals surface area contributed by atoms with E-state index in [1.54, 1.807) is 0 Å². The molecule has 0 spiro atoms. The second kappa shape index (κ2) is 1.82. The van der Waals surface area contributed by atoms with E-state index in [2.05, 4.69) is 9.97 Å². The van der Waals surface area contributed by atoms with Crippen molar-refractivity contribution in [3.8, 4) is 0 Å². The summed E-state index contributed by atoms with van der Waals surface area (Å²) in [4.78, 5) is 16.1. The zero-order valence-corrected chi connectivity index (χ0v) is 4.09. The van der Waals surface area contributed by atoms with Crippen molar-refractivity contribution in [3.63, 3.8) is 0 Å². The first-order chi connectivity index (χ1) is 3.79. The Hall–Kier alpha value is -1.06. The second-order valence-corrected chi connectivity index (χ2v) is 1.34. The normalized spacial score (nSPS) is 9.00. The molecule has 0 bridgehead atoms. The fourth-order valence-electron chi connectivity index (χ4n) is 0.353. The van der Waals surface area contributed by atoms with Gasteiger partial charge in [0.15, 0.2) is 0 Å². The van der Waals surface area contributed by atoms with Crippen molar-refractivity contribution in [1.29, 1.82) is 0 Å². The molecule has 0 aliphatic rings. The highest BCUT2D eigenvalue weighted by atomic mass is 16.1. The molecule has 38 valence electrons. The summed E-state index contributed by atoms with van der Waals surface area (Å²) in [5, 5.41) is 0. The van der Waals surface area contributed by atoms with Crippen molar-refractivity contribution in [1.82, 2.24) is 9.97 Å².